The zero-order valence-electron chi connectivity index (χ0n) is 14.2. The smallest absolute Gasteiger partial charge is 0.227 e. The minimum absolute atomic E-state index is 0.00132. The van der Waals surface area contributed by atoms with E-state index in [4.69, 9.17) is 0 Å². The summed E-state index contributed by atoms with van der Waals surface area (Å²) in [6.45, 7) is 0.973. The van der Waals surface area contributed by atoms with Crippen molar-refractivity contribution in [3.8, 4) is 0 Å². The van der Waals surface area contributed by atoms with Crippen molar-refractivity contribution >= 4 is 39.6 Å². The highest BCUT2D eigenvalue weighted by atomic mass is 32.1. The minimum atomic E-state index is -0.308. The number of aromatic nitrogens is 1. The van der Waals surface area contributed by atoms with Crippen molar-refractivity contribution in [1.29, 1.82) is 0 Å². The molecule has 2 amide bonds. The number of fused-ring (bicyclic) bond motifs is 1. The van der Waals surface area contributed by atoms with Crippen LogP contribution in [0.15, 0.2) is 54.0 Å². The molecule has 0 saturated carbocycles. The maximum atomic E-state index is 12.5. The predicted octanol–water partition coefficient (Wildman–Crippen LogP) is 3.01. The van der Waals surface area contributed by atoms with Gasteiger partial charge in [-0.2, -0.15) is 0 Å². The van der Waals surface area contributed by atoms with Crippen LogP contribution >= 0.6 is 11.3 Å². The van der Waals surface area contributed by atoms with E-state index >= 15 is 0 Å². The van der Waals surface area contributed by atoms with Gasteiger partial charge in [0.25, 0.3) is 0 Å². The van der Waals surface area contributed by atoms with Crippen LogP contribution in [-0.4, -0.2) is 29.9 Å². The average Bonchev–Trinajstić information content (AvgIpc) is 3.31. The number of nitrogens with one attached hydrogen (secondary N) is 1. The third-order valence-electron chi connectivity index (χ3n) is 4.67. The van der Waals surface area contributed by atoms with E-state index in [9.17, 15) is 9.59 Å². The van der Waals surface area contributed by atoms with Crippen molar-refractivity contribution in [1.82, 2.24) is 10.3 Å². The Morgan fingerprint density at radius 3 is 2.92 bits per heavy atom. The monoisotopic (exact) mass is 365 g/mol. The summed E-state index contributed by atoms with van der Waals surface area (Å²) in [6.07, 6.45) is 2.74. The molecule has 4 rings (SSSR count). The zero-order valence-corrected chi connectivity index (χ0v) is 15.0. The molecule has 0 unspecified atom stereocenters. The number of thiazole rings is 1. The lowest BCUT2D eigenvalue weighted by molar-refractivity contribution is -0.126. The molecule has 26 heavy (non-hydrogen) atoms. The number of hydrogen-bond donors (Lipinski definition) is 1. The van der Waals surface area contributed by atoms with Crippen molar-refractivity contribution in [2.75, 3.05) is 18.0 Å². The number of amides is 2. The zero-order chi connectivity index (χ0) is 17.9. The molecule has 0 aliphatic carbocycles. The summed E-state index contributed by atoms with van der Waals surface area (Å²) in [4.78, 5) is 30.9. The molecule has 0 radical (unpaired) electrons. The van der Waals surface area contributed by atoms with Crippen molar-refractivity contribution in [3.05, 3.63) is 59.0 Å². The lowest BCUT2D eigenvalue weighted by Gasteiger charge is -2.19. The predicted molar refractivity (Wildman–Crippen MR) is 103 cm³/mol. The number of carbonyl (C=O) groups excluding carboxylic acids is 2. The molecule has 1 aliphatic heterocycles. The molecule has 1 aromatic heterocycles. The molecule has 0 spiro atoms. The van der Waals surface area contributed by atoms with Gasteiger partial charge in [0.1, 0.15) is 0 Å². The molecule has 1 atom stereocenters. The summed E-state index contributed by atoms with van der Waals surface area (Å²) in [7, 11) is 0. The molecule has 0 bridgehead atoms. The Morgan fingerprint density at radius 2 is 2.08 bits per heavy atom. The molecule has 2 heterocycles. The van der Waals surface area contributed by atoms with E-state index in [1.807, 2.05) is 47.8 Å². The topological polar surface area (TPSA) is 62.3 Å². The molecule has 132 valence electrons. The van der Waals surface area contributed by atoms with Gasteiger partial charge in [-0.05, 0) is 11.5 Å². The lowest BCUT2D eigenvalue weighted by atomic mass is 10.1. The maximum Gasteiger partial charge on any atom is 0.227 e. The van der Waals surface area contributed by atoms with Crippen LogP contribution in [0.25, 0.3) is 10.8 Å². The largest absolute Gasteiger partial charge is 0.355 e. The SMILES string of the molecule is O=C(NCCc1nccs1)[C@H]1CC(=O)N(c2cccc3ccccc23)C1. The Hall–Kier alpha value is -2.73. The van der Waals surface area contributed by atoms with Crippen LogP contribution in [0.2, 0.25) is 0 Å². The summed E-state index contributed by atoms with van der Waals surface area (Å²) in [5, 5.41) is 8.00. The molecule has 1 fully saturated rings. The molecule has 6 heteroatoms. The highest BCUT2D eigenvalue weighted by Crippen LogP contribution is 2.31. The van der Waals surface area contributed by atoms with E-state index in [2.05, 4.69) is 10.3 Å². The summed E-state index contributed by atoms with van der Waals surface area (Å²) < 4.78 is 0. The van der Waals surface area contributed by atoms with Crippen LogP contribution in [0.3, 0.4) is 0 Å². The Balaban J connectivity index is 1.44. The third-order valence-corrected chi connectivity index (χ3v) is 5.51. The summed E-state index contributed by atoms with van der Waals surface area (Å²) >= 11 is 1.58. The van der Waals surface area contributed by atoms with Gasteiger partial charge in [-0.15, -0.1) is 11.3 Å². The van der Waals surface area contributed by atoms with Gasteiger partial charge in [0, 0.05) is 42.9 Å². The fourth-order valence-electron chi connectivity index (χ4n) is 3.37. The van der Waals surface area contributed by atoms with E-state index in [1.54, 1.807) is 22.4 Å². The number of rotatable bonds is 5. The van der Waals surface area contributed by atoms with E-state index < -0.39 is 0 Å². The van der Waals surface area contributed by atoms with Crippen molar-refractivity contribution in [2.45, 2.75) is 12.8 Å². The molecular formula is C20H19N3O2S. The number of anilines is 1. The van der Waals surface area contributed by atoms with Gasteiger partial charge in [0.05, 0.1) is 16.6 Å². The second-order valence-electron chi connectivity index (χ2n) is 6.37. The fraction of sp³-hybridized carbons (Fsp3) is 0.250. The first-order chi connectivity index (χ1) is 12.7. The lowest BCUT2D eigenvalue weighted by Crippen LogP contribution is -2.34. The van der Waals surface area contributed by atoms with Gasteiger partial charge < -0.3 is 10.2 Å². The highest BCUT2D eigenvalue weighted by molar-refractivity contribution is 7.09. The van der Waals surface area contributed by atoms with Crippen molar-refractivity contribution < 1.29 is 9.59 Å². The first-order valence-corrected chi connectivity index (χ1v) is 9.54. The second-order valence-corrected chi connectivity index (χ2v) is 7.35. The molecule has 1 N–H and O–H groups in total. The van der Waals surface area contributed by atoms with Crippen LogP contribution in [0.4, 0.5) is 5.69 Å². The standard InChI is InChI=1S/C20H19N3O2S/c24-19-12-15(20(25)22-9-8-18-21-10-11-26-18)13-23(19)17-7-3-5-14-4-1-2-6-16(14)17/h1-7,10-11,15H,8-9,12-13H2,(H,22,25)/t15-/m0/s1. The quantitative estimate of drug-likeness (QED) is 0.756. The van der Waals surface area contributed by atoms with Gasteiger partial charge in [-0.1, -0.05) is 36.4 Å². The van der Waals surface area contributed by atoms with Crippen LogP contribution in [0, 0.1) is 5.92 Å². The normalized spacial score (nSPS) is 17.0. The van der Waals surface area contributed by atoms with Gasteiger partial charge in [-0.3, -0.25) is 9.59 Å². The minimum Gasteiger partial charge on any atom is -0.355 e. The molecule has 2 aromatic carbocycles. The van der Waals surface area contributed by atoms with Crippen molar-refractivity contribution in [2.24, 2.45) is 5.92 Å². The Bertz CT molecular complexity index is 934. The van der Waals surface area contributed by atoms with Crippen LogP contribution in [-0.2, 0) is 16.0 Å². The van der Waals surface area contributed by atoms with Gasteiger partial charge in [0.2, 0.25) is 11.8 Å². The van der Waals surface area contributed by atoms with Crippen LogP contribution in [0.5, 0.6) is 0 Å². The Kier molecular flexibility index (Phi) is 4.67. The Labute approximate surface area is 155 Å². The number of benzene rings is 2. The highest BCUT2D eigenvalue weighted by Gasteiger charge is 2.35. The van der Waals surface area contributed by atoms with Gasteiger partial charge >= 0.3 is 0 Å². The molecule has 3 aromatic rings. The van der Waals surface area contributed by atoms with E-state index in [0.29, 0.717) is 13.1 Å². The Morgan fingerprint density at radius 1 is 1.23 bits per heavy atom. The van der Waals surface area contributed by atoms with Crippen LogP contribution < -0.4 is 10.2 Å². The number of nitrogens with zero attached hydrogens (tertiary/aromatic N) is 2. The van der Waals surface area contributed by atoms with E-state index in [0.717, 1.165) is 27.9 Å². The number of hydrogen-bond acceptors (Lipinski definition) is 4. The van der Waals surface area contributed by atoms with Crippen molar-refractivity contribution in [3.63, 3.8) is 0 Å². The van der Waals surface area contributed by atoms with Gasteiger partial charge in [0.15, 0.2) is 0 Å². The summed E-state index contributed by atoms with van der Waals surface area (Å²) in [5.74, 6) is -0.364. The summed E-state index contributed by atoms with van der Waals surface area (Å²) in [6, 6.07) is 13.9. The fourth-order valence-corrected chi connectivity index (χ4v) is 3.99. The molecule has 1 aliphatic rings. The summed E-state index contributed by atoms with van der Waals surface area (Å²) in [5.41, 5.74) is 0.881. The molecular weight excluding hydrogens is 346 g/mol. The first kappa shape index (κ1) is 16.7. The van der Waals surface area contributed by atoms with E-state index in [-0.39, 0.29) is 24.2 Å². The number of carbonyl (C=O) groups is 2. The molecule has 1 saturated heterocycles. The molecule has 5 nitrogen and oxygen atoms in total. The maximum absolute atomic E-state index is 12.5. The van der Waals surface area contributed by atoms with E-state index in [1.165, 1.54) is 0 Å². The second kappa shape index (κ2) is 7.25. The third kappa shape index (κ3) is 3.32. The average molecular weight is 365 g/mol. The van der Waals surface area contributed by atoms with Gasteiger partial charge in [-0.25, -0.2) is 4.98 Å². The van der Waals surface area contributed by atoms with Crippen LogP contribution in [0.1, 0.15) is 11.4 Å². The first-order valence-electron chi connectivity index (χ1n) is 8.66.